The number of hydrogen-bond acceptors (Lipinski definition) is 10. The minimum atomic E-state index is 0. The van der Waals surface area contributed by atoms with Gasteiger partial charge in [-0.3, -0.25) is 4.90 Å². The van der Waals surface area contributed by atoms with Crippen LogP contribution in [-0.2, 0) is 34.0 Å². The summed E-state index contributed by atoms with van der Waals surface area (Å²) < 4.78 is 10.2. The first-order valence-electron chi connectivity index (χ1n) is 17.6. The second kappa shape index (κ2) is 14.2. The Morgan fingerprint density at radius 3 is 1.91 bits per heavy atom. The fourth-order valence-corrected chi connectivity index (χ4v) is 9.46. The van der Waals surface area contributed by atoms with Gasteiger partial charge in [-0.15, -0.1) is 17.6 Å². The Hall–Kier alpha value is -3.72. The number of nitrogens with zero attached hydrogens (tertiary/aromatic N) is 14. The van der Waals surface area contributed by atoms with E-state index in [4.69, 9.17) is 30.4 Å². The molecule has 2 aliphatic heterocycles. The minimum absolute atomic E-state index is 0. The molecule has 0 aliphatic carbocycles. The van der Waals surface area contributed by atoms with Gasteiger partial charge in [0.15, 0.2) is 23.5 Å². The number of likely N-dealkylation sites (tertiary alicyclic amines) is 1. The second-order valence-electron chi connectivity index (χ2n) is 14.1. The van der Waals surface area contributed by atoms with Crippen molar-refractivity contribution in [2.24, 2.45) is 0 Å². The number of aryl methyl sites for hydroxylation is 4. The summed E-state index contributed by atoms with van der Waals surface area (Å²) in [6.45, 7) is 13.1. The number of aromatic nitrogens is 12. The van der Waals surface area contributed by atoms with Crippen LogP contribution in [-0.4, -0.2) is 84.5 Å². The molecular weight excluding hydrogens is 805 g/mol. The molecule has 53 heavy (non-hydrogen) atoms. The van der Waals surface area contributed by atoms with Crippen molar-refractivity contribution in [2.45, 2.75) is 71.9 Å². The first-order chi connectivity index (χ1) is 24.8. The van der Waals surface area contributed by atoms with Crippen molar-refractivity contribution in [3.63, 3.8) is 0 Å². The predicted molar refractivity (Wildman–Crippen MR) is 202 cm³/mol. The fraction of sp³-hybridized carbons (Fsp3) is 0.417. The molecule has 8 aromatic rings. The second-order valence-corrected chi connectivity index (χ2v) is 16.1. The predicted octanol–water partition coefficient (Wildman–Crippen LogP) is 5.98. The zero-order valence-electron chi connectivity index (χ0n) is 30.8. The first-order valence-corrected chi connectivity index (χ1v) is 19.3. The van der Waals surface area contributed by atoms with E-state index in [2.05, 4.69) is 71.3 Å². The minimum Gasteiger partial charge on any atom is -0.662 e. The number of fused-ring (bicyclic) bond motifs is 4. The number of imidazole rings is 2. The van der Waals surface area contributed by atoms with Gasteiger partial charge >= 0.3 is 32.9 Å². The van der Waals surface area contributed by atoms with Gasteiger partial charge in [0.1, 0.15) is 23.8 Å². The molecule has 0 radical (unpaired) electrons. The molecule has 10 rings (SSSR count). The average molecular weight is 846 g/mol. The van der Waals surface area contributed by atoms with Gasteiger partial charge in [0.05, 0.1) is 34.0 Å². The molecular formula is C36H41CdN14S2+. The molecule has 2 fully saturated rings. The third-order valence-electron chi connectivity index (χ3n) is 10.4. The molecule has 10 heterocycles. The van der Waals surface area contributed by atoms with Gasteiger partial charge in [-0.25, -0.2) is 33.1 Å². The van der Waals surface area contributed by atoms with E-state index in [1.807, 2.05) is 31.2 Å². The molecule has 0 saturated carbocycles. The Balaban J connectivity index is 0.00000200. The number of hydrogen-bond donors (Lipinski definition) is 0. The molecule has 0 atom stereocenters. The van der Waals surface area contributed by atoms with Gasteiger partial charge in [-0.1, -0.05) is 40.6 Å². The van der Waals surface area contributed by atoms with E-state index in [9.17, 15) is 0 Å². The van der Waals surface area contributed by atoms with Crippen LogP contribution in [0, 0.1) is 35.1 Å². The molecule has 0 N–H and O–H groups in total. The Bertz CT molecular complexity index is 2530. The summed E-state index contributed by atoms with van der Waals surface area (Å²) in [5, 5.41) is 24.1. The molecule has 0 amide bonds. The van der Waals surface area contributed by atoms with Crippen molar-refractivity contribution >= 4 is 43.9 Å². The Kier molecular flexibility index (Phi) is 9.70. The summed E-state index contributed by atoms with van der Waals surface area (Å²) >= 11 is 3.29. The zero-order valence-corrected chi connectivity index (χ0v) is 36.4. The van der Waals surface area contributed by atoms with E-state index in [1.165, 1.54) is 11.3 Å². The molecule has 0 bridgehead atoms. The van der Waals surface area contributed by atoms with Crippen LogP contribution in [0.25, 0.3) is 47.7 Å². The van der Waals surface area contributed by atoms with Crippen LogP contribution in [0.2, 0.25) is 0 Å². The molecule has 0 spiro atoms. The van der Waals surface area contributed by atoms with Crippen molar-refractivity contribution in [3.05, 3.63) is 83.8 Å². The molecule has 2 aliphatic rings. The van der Waals surface area contributed by atoms with Crippen molar-refractivity contribution in [1.82, 2.24) is 58.3 Å². The van der Waals surface area contributed by atoms with Gasteiger partial charge in [-0.2, -0.15) is 15.3 Å². The summed E-state index contributed by atoms with van der Waals surface area (Å²) in [7, 11) is 0. The van der Waals surface area contributed by atoms with Crippen molar-refractivity contribution < 1.29 is 31.9 Å². The monoisotopic (exact) mass is 847 g/mol. The third kappa shape index (κ3) is 6.49. The molecule has 2 saturated heterocycles. The van der Waals surface area contributed by atoms with Crippen LogP contribution in [0.15, 0.2) is 36.9 Å². The summed E-state index contributed by atoms with van der Waals surface area (Å²) in [5.74, 6) is 2.66. The van der Waals surface area contributed by atoms with Gasteiger partial charge in [-0.05, 0) is 51.3 Å². The Labute approximate surface area is 335 Å². The molecule has 268 valence electrons. The van der Waals surface area contributed by atoms with Gasteiger partial charge < -0.3 is 12.7 Å². The Morgan fingerprint density at radius 1 is 0.698 bits per heavy atom. The normalized spacial score (nSPS) is 16.3. The molecule has 14 nitrogen and oxygen atoms in total. The molecule has 8 aromatic heterocycles. The van der Waals surface area contributed by atoms with Crippen LogP contribution in [0.1, 0.15) is 71.7 Å². The van der Waals surface area contributed by atoms with E-state index in [1.54, 1.807) is 22.7 Å². The van der Waals surface area contributed by atoms with Crippen LogP contribution >= 0.6 is 22.7 Å². The number of thiazole rings is 2. The van der Waals surface area contributed by atoms with Crippen LogP contribution in [0.4, 0.5) is 0 Å². The fourth-order valence-electron chi connectivity index (χ4n) is 7.70. The third-order valence-corrected chi connectivity index (χ3v) is 12.4. The van der Waals surface area contributed by atoms with Crippen LogP contribution in [0.3, 0.4) is 0 Å². The number of rotatable bonds is 6. The maximum absolute atomic E-state index is 5.06. The van der Waals surface area contributed by atoms with Crippen LogP contribution < -0.4 is 4.57 Å². The van der Waals surface area contributed by atoms with E-state index >= 15 is 0 Å². The smallest absolute Gasteiger partial charge is 0.662 e. The SMILES string of the molecule is Cc1cn2nc(-c3cn4nc(C5CCN(C[n+]6c(C)cn7nc(-c8cn9nc(C%10CC[N-]CC%10)nc9s8)cc(C)c76)CC5)nc4s3)cc(C)c2n1.[CH3-].[Cd+2]. The van der Waals surface area contributed by atoms with Gasteiger partial charge in [0.25, 0.3) is 0 Å². The molecule has 0 aromatic carbocycles. The topological polar surface area (TPSA) is 129 Å². The maximum Gasteiger partial charge on any atom is 2.00 e. The van der Waals surface area contributed by atoms with Crippen molar-refractivity contribution in [2.75, 3.05) is 26.2 Å². The Morgan fingerprint density at radius 2 is 1.28 bits per heavy atom. The van der Waals surface area contributed by atoms with Crippen molar-refractivity contribution in [1.29, 1.82) is 0 Å². The van der Waals surface area contributed by atoms with E-state index < -0.39 is 0 Å². The van der Waals surface area contributed by atoms with E-state index in [-0.39, 0.29) is 34.7 Å². The summed E-state index contributed by atoms with van der Waals surface area (Å²) in [6.07, 6.45) is 12.4. The molecule has 0 unspecified atom stereocenters. The van der Waals surface area contributed by atoms with Gasteiger partial charge in [0.2, 0.25) is 9.92 Å². The van der Waals surface area contributed by atoms with E-state index in [0.29, 0.717) is 11.8 Å². The van der Waals surface area contributed by atoms with E-state index in [0.717, 1.165) is 124 Å². The molecule has 17 heteroatoms. The summed E-state index contributed by atoms with van der Waals surface area (Å²) in [4.78, 5) is 20.9. The summed E-state index contributed by atoms with van der Waals surface area (Å²) in [5.41, 5.74) is 8.33. The zero-order chi connectivity index (χ0) is 34.4. The van der Waals surface area contributed by atoms with Gasteiger partial charge in [0, 0.05) is 37.4 Å². The van der Waals surface area contributed by atoms with Crippen molar-refractivity contribution in [3.8, 4) is 21.1 Å². The first kappa shape index (κ1) is 36.3. The van der Waals surface area contributed by atoms with Crippen LogP contribution in [0.5, 0.6) is 0 Å². The number of piperidine rings is 2. The average Bonchev–Trinajstić information content (AvgIpc) is 3.96. The largest absolute Gasteiger partial charge is 2.00 e. The quantitative estimate of drug-likeness (QED) is 0.114. The standard InChI is InChI=1S/C35H38N14S2.CH3.Cd/c1-20-13-26(40-46-15-22(3)37-32(20)46)28-17-49-35(50-28)39-31(43-49)25-7-11-44(12-8-25)19-45-23(4)16-47-33(45)21(2)14-27(41-47)29-18-48-34(51-29)38-30(42-48)24-5-9-36-10-6-24;;/h13-18,24-25H,5-12,19H2,1-4H3;1H3;/q;-1;+2. The maximum atomic E-state index is 5.06. The summed E-state index contributed by atoms with van der Waals surface area (Å²) in [6, 6.07) is 4.29.